The van der Waals surface area contributed by atoms with Crippen LogP contribution in [0.25, 0.3) is 0 Å². The second-order valence-electron chi connectivity index (χ2n) is 1.87. The van der Waals surface area contributed by atoms with E-state index in [1.165, 1.54) is 11.8 Å². The van der Waals surface area contributed by atoms with Crippen molar-refractivity contribution in [1.82, 2.24) is 20.5 Å². The van der Waals surface area contributed by atoms with Crippen molar-refractivity contribution in [2.75, 3.05) is 18.6 Å². The molecule has 0 saturated heterocycles. The first-order valence-corrected chi connectivity index (χ1v) is 4.84. The molecule has 1 heterocycles. The van der Waals surface area contributed by atoms with Gasteiger partial charge in [0.2, 0.25) is 11.1 Å². The van der Waals surface area contributed by atoms with E-state index < -0.39 is 0 Å². The molecule has 0 aromatic carbocycles. The molecule has 0 amide bonds. The Morgan fingerprint density at radius 2 is 2.42 bits per heavy atom. The lowest BCUT2D eigenvalue weighted by Gasteiger charge is -2.00. The van der Waals surface area contributed by atoms with Gasteiger partial charge in [-0.1, -0.05) is 11.8 Å². The average molecular weight is 203 g/mol. The number of H-pyrrole nitrogens is 1. The highest BCUT2D eigenvalue weighted by atomic mass is 32.2. The number of nitrogens with one attached hydrogen (secondary N) is 3. The van der Waals surface area contributed by atoms with Gasteiger partial charge in [-0.3, -0.25) is 0 Å². The van der Waals surface area contributed by atoms with E-state index in [0.29, 0.717) is 16.2 Å². The summed E-state index contributed by atoms with van der Waals surface area (Å²) in [6.45, 7) is 0. The third-order valence-electron chi connectivity index (χ3n) is 1.11. The van der Waals surface area contributed by atoms with Crippen molar-refractivity contribution in [2.24, 2.45) is 0 Å². The van der Waals surface area contributed by atoms with E-state index in [0.717, 1.165) is 0 Å². The first-order valence-electron chi connectivity index (χ1n) is 3.21. The first-order chi connectivity index (χ1) is 5.76. The van der Waals surface area contributed by atoms with Gasteiger partial charge in [0, 0.05) is 7.05 Å². The summed E-state index contributed by atoms with van der Waals surface area (Å²) in [6.07, 6.45) is 1.91. The maximum Gasteiger partial charge on any atom is 0.225 e. The van der Waals surface area contributed by atoms with Crippen molar-refractivity contribution in [3.05, 3.63) is 0 Å². The first kappa shape index (κ1) is 9.27. The molecule has 66 valence electrons. The zero-order valence-electron chi connectivity index (χ0n) is 6.71. The summed E-state index contributed by atoms with van der Waals surface area (Å²) in [6, 6.07) is 0. The Bertz CT molecular complexity index is 271. The number of anilines is 1. The van der Waals surface area contributed by atoms with Gasteiger partial charge >= 0.3 is 0 Å². The Kier molecular flexibility index (Phi) is 3.30. The fraction of sp³-hybridized carbons (Fsp3) is 0.400. The van der Waals surface area contributed by atoms with Gasteiger partial charge in [-0.25, -0.2) is 5.10 Å². The number of aromatic amines is 1. The number of nitrogens with zero attached hydrogens (tertiary/aromatic N) is 2. The lowest BCUT2D eigenvalue weighted by molar-refractivity contribution is 0.976. The predicted molar refractivity (Wildman–Crippen MR) is 53.4 cm³/mol. The van der Waals surface area contributed by atoms with E-state index in [9.17, 15) is 0 Å². The minimum absolute atomic E-state index is 0.513. The molecule has 0 aliphatic rings. The summed E-state index contributed by atoms with van der Waals surface area (Å²) in [5, 5.41) is 13.4. The molecule has 3 N–H and O–H groups in total. The van der Waals surface area contributed by atoms with Crippen LogP contribution in [-0.2, 0) is 0 Å². The number of hydrogen-bond donors (Lipinski definition) is 3. The highest BCUT2D eigenvalue weighted by Crippen LogP contribution is 2.08. The maximum absolute atomic E-state index is 4.87. The van der Waals surface area contributed by atoms with Crippen LogP contribution in [0.3, 0.4) is 0 Å². The van der Waals surface area contributed by atoms with Crippen LogP contribution in [0, 0.1) is 0 Å². The van der Waals surface area contributed by atoms with Gasteiger partial charge in [-0.2, -0.15) is 4.98 Å². The summed E-state index contributed by atoms with van der Waals surface area (Å²) in [5.74, 6) is 0.554. The van der Waals surface area contributed by atoms with Crippen molar-refractivity contribution in [3.63, 3.8) is 0 Å². The molecule has 0 atom stereocenters. The molecule has 0 spiro atoms. The van der Waals surface area contributed by atoms with Gasteiger partial charge in [0.15, 0.2) is 5.11 Å². The fourth-order valence-corrected chi connectivity index (χ4v) is 0.980. The van der Waals surface area contributed by atoms with Crippen molar-refractivity contribution >= 4 is 35.0 Å². The lowest BCUT2D eigenvalue weighted by atomic mass is 10.9. The quantitative estimate of drug-likeness (QED) is 0.479. The largest absolute Gasteiger partial charge is 0.365 e. The van der Waals surface area contributed by atoms with Gasteiger partial charge < -0.3 is 10.6 Å². The molecule has 0 aliphatic carbocycles. The molecule has 0 bridgehead atoms. The third kappa shape index (κ3) is 2.35. The van der Waals surface area contributed by atoms with Crippen LogP contribution in [0.15, 0.2) is 5.16 Å². The van der Waals surface area contributed by atoms with Crippen LogP contribution in [0.5, 0.6) is 0 Å². The predicted octanol–water partition coefficient (Wildman–Crippen LogP) is 0.443. The van der Waals surface area contributed by atoms with Gasteiger partial charge in [-0.05, 0) is 18.5 Å². The van der Waals surface area contributed by atoms with E-state index in [1.54, 1.807) is 7.05 Å². The van der Waals surface area contributed by atoms with E-state index in [2.05, 4.69) is 25.8 Å². The molecule has 0 radical (unpaired) electrons. The lowest BCUT2D eigenvalue weighted by Crippen LogP contribution is -2.24. The molecule has 5 nitrogen and oxygen atoms in total. The molecule has 0 aliphatic heterocycles. The van der Waals surface area contributed by atoms with E-state index in [1.807, 2.05) is 6.26 Å². The smallest absolute Gasteiger partial charge is 0.225 e. The Hall–Kier alpha value is -0.820. The zero-order valence-corrected chi connectivity index (χ0v) is 8.34. The van der Waals surface area contributed by atoms with Gasteiger partial charge in [0.05, 0.1) is 0 Å². The molecule has 0 saturated carbocycles. The van der Waals surface area contributed by atoms with E-state index >= 15 is 0 Å². The number of thiocarbonyl (C=S) groups is 1. The van der Waals surface area contributed by atoms with Crippen molar-refractivity contribution in [2.45, 2.75) is 5.16 Å². The molecule has 7 heteroatoms. The highest BCUT2D eigenvalue weighted by molar-refractivity contribution is 7.98. The molecular formula is C5H9N5S2. The highest BCUT2D eigenvalue weighted by Gasteiger charge is 2.01. The van der Waals surface area contributed by atoms with Crippen LogP contribution >= 0.6 is 24.0 Å². The molecule has 1 aromatic rings. The molecule has 0 fully saturated rings. The monoisotopic (exact) mass is 203 g/mol. The second kappa shape index (κ2) is 4.27. The summed E-state index contributed by atoms with van der Waals surface area (Å²) in [7, 11) is 1.74. The Labute approximate surface area is 79.7 Å². The Morgan fingerprint density at radius 3 is 2.92 bits per heavy atom. The number of hydrogen-bond acceptors (Lipinski definition) is 4. The topological polar surface area (TPSA) is 65.6 Å². The minimum Gasteiger partial charge on any atom is -0.365 e. The molecule has 1 aromatic heterocycles. The van der Waals surface area contributed by atoms with Crippen LogP contribution in [0.4, 0.5) is 5.95 Å². The summed E-state index contributed by atoms with van der Waals surface area (Å²) >= 11 is 6.33. The van der Waals surface area contributed by atoms with Crippen LogP contribution in [-0.4, -0.2) is 33.6 Å². The number of thioether (sulfide) groups is 1. The fourth-order valence-electron chi connectivity index (χ4n) is 0.564. The zero-order chi connectivity index (χ0) is 8.97. The Balaban J connectivity index is 2.58. The summed E-state index contributed by atoms with van der Waals surface area (Å²) in [5.41, 5.74) is 0. The normalized spacial score (nSPS) is 9.50. The van der Waals surface area contributed by atoms with Crippen LogP contribution < -0.4 is 10.6 Å². The average Bonchev–Trinajstić information content (AvgIpc) is 2.52. The summed E-state index contributed by atoms with van der Waals surface area (Å²) < 4.78 is 0. The SMILES string of the molecule is CNC(=S)Nc1nc(SC)n[nH]1. The molecule has 0 unspecified atom stereocenters. The summed E-state index contributed by atoms with van der Waals surface area (Å²) in [4.78, 5) is 4.07. The van der Waals surface area contributed by atoms with E-state index in [4.69, 9.17) is 12.2 Å². The van der Waals surface area contributed by atoms with Crippen molar-refractivity contribution in [1.29, 1.82) is 0 Å². The number of aromatic nitrogens is 3. The van der Waals surface area contributed by atoms with Gasteiger partial charge in [0.25, 0.3) is 0 Å². The standard InChI is InChI=1S/C5H9N5S2/c1-6-4(11)7-3-8-5(12-2)10-9-3/h1-2H3,(H3,6,7,8,9,10,11). The van der Waals surface area contributed by atoms with Gasteiger partial charge in [0.1, 0.15) is 0 Å². The maximum atomic E-state index is 4.87. The minimum atomic E-state index is 0.513. The third-order valence-corrected chi connectivity index (χ3v) is 1.96. The van der Waals surface area contributed by atoms with Crippen LogP contribution in [0.2, 0.25) is 0 Å². The molecule has 1 rings (SSSR count). The number of rotatable bonds is 2. The molecular weight excluding hydrogens is 194 g/mol. The Morgan fingerprint density at radius 1 is 1.67 bits per heavy atom. The van der Waals surface area contributed by atoms with Gasteiger partial charge in [-0.15, -0.1) is 5.10 Å². The van der Waals surface area contributed by atoms with Crippen LogP contribution in [0.1, 0.15) is 0 Å². The second-order valence-corrected chi connectivity index (χ2v) is 3.06. The van der Waals surface area contributed by atoms with Crippen molar-refractivity contribution < 1.29 is 0 Å². The van der Waals surface area contributed by atoms with E-state index in [-0.39, 0.29) is 0 Å². The molecule has 12 heavy (non-hydrogen) atoms. The van der Waals surface area contributed by atoms with Crippen molar-refractivity contribution in [3.8, 4) is 0 Å².